The Morgan fingerprint density at radius 1 is 1.24 bits per heavy atom. The lowest BCUT2D eigenvalue weighted by Gasteiger charge is -2.18. The summed E-state index contributed by atoms with van der Waals surface area (Å²) < 4.78 is 10.7. The first-order valence-electron chi connectivity index (χ1n) is 5.72. The highest BCUT2D eigenvalue weighted by Gasteiger charge is 2.27. The number of hydrogen-bond acceptors (Lipinski definition) is 3. The molecule has 0 aliphatic heterocycles. The van der Waals surface area contributed by atoms with Crippen molar-refractivity contribution in [3.05, 3.63) is 23.8 Å². The van der Waals surface area contributed by atoms with Crippen LogP contribution in [0.15, 0.2) is 18.2 Å². The zero-order valence-electron chi connectivity index (χ0n) is 10.3. The summed E-state index contributed by atoms with van der Waals surface area (Å²) in [6.45, 7) is 0. The van der Waals surface area contributed by atoms with Crippen LogP contribution in [0.4, 0.5) is 0 Å². The number of hydrogen-bond donors (Lipinski definition) is 1. The van der Waals surface area contributed by atoms with Gasteiger partial charge in [0.05, 0.1) is 19.8 Å². The molecule has 17 heavy (non-hydrogen) atoms. The molecule has 1 aromatic carbocycles. The Bertz CT molecular complexity index is 344. The molecule has 1 saturated carbocycles. The van der Waals surface area contributed by atoms with E-state index in [-0.39, 0.29) is 18.4 Å². The van der Waals surface area contributed by atoms with Crippen molar-refractivity contribution in [2.75, 3.05) is 14.2 Å². The molecule has 0 saturated heterocycles. The molecule has 2 N–H and O–H groups in total. The third-order valence-electron chi connectivity index (χ3n) is 3.12. The van der Waals surface area contributed by atoms with Gasteiger partial charge in [0.15, 0.2) is 0 Å². The van der Waals surface area contributed by atoms with Crippen molar-refractivity contribution >= 4 is 12.4 Å². The second kappa shape index (κ2) is 6.12. The third-order valence-corrected chi connectivity index (χ3v) is 3.12. The average Bonchev–Trinajstić information content (AvgIpc) is 3.11. The molecule has 1 atom stereocenters. The summed E-state index contributed by atoms with van der Waals surface area (Å²) in [7, 11) is 3.34. The van der Waals surface area contributed by atoms with Gasteiger partial charge >= 0.3 is 0 Å². The van der Waals surface area contributed by atoms with E-state index < -0.39 is 0 Å². The van der Waals surface area contributed by atoms with Gasteiger partial charge in [0.1, 0.15) is 11.5 Å². The van der Waals surface area contributed by atoms with E-state index in [0.717, 1.165) is 29.4 Å². The van der Waals surface area contributed by atoms with Crippen LogP contribution in [0.5, 0.6) is 11.5 Å². The van der Waals surface area contributed by atoms with E-state index >= 15 is 0 Å². The fraction of sp³-hybridized carbons (Fsp3) is 0.538. The van der Waals surface area contributed by atoms with Gasteiger partial charge in [-0.2, -0.15) is 0 Å². The molecule has 0 radical (unpaired) electrons. The van der Waals surface area contributed by atoms with Crippen molar-refractivity contribution in [2.24, 2.45) is 11.7 Å². The molecule has 3 nitrogen and oxygen atoms in total. The van der Waals surface area contributed by atoms with Gasteiger partial charge in [-0.25, -0.2) is 0 Å². The minimum Gasteiger partial charge on any atom is -0.496 e. The van der Waals surface area contributed by atoms with Crippen molar-refractivity contribution in [1.82, 2.24) is 0 Å². The summed E-state index contributed by atoms with van der Waals surface area (Å²) in [5.41, 5.74) is 7.23. The Labute approximate surface area is 109 Å². The van der Waals surface area contributed by atoms with E-state index in [1.165, 1.54) is 12.8 Å². The lowest BCUT2D eigenvalue weighted by molar-refractivity contribution is 0.375. The molecule has 0 spiro atoms. The summed E-state index contributed by atoms with van der Waals surface area (Å²) in [5, 5.41) is 0. The van der Waals surface area contributed by atoms with E-state index in [4.69, 9.17) is 15.2 Å². The molecule has 4 heteroatoms. The van der Waals surface area contributed by atoms with Crippen LogP contribution in [0.2, 0.25) is 0 Å². The molecule has 0 unspecified atom stereocenters. The molecule has 0 aromatic heterocycles. The second-order valence-corrected chi connectivity index (χ2v) is 4.36. The Kier molecular flexibility index (Phi) is 5.09. The fourth-order valence-corrected chi connectivity index (χ4v) is 2.08. The average molecular weight is 258 g/mol. The Hall–Kier alpha value is -0.930. The van der Waals surface area contributed by atoms with Crippen LogP contribution in [0.25, 0.3) is 0 Å². The molecule has 2 rings (SSSR count). The predicted molar refractivity (Wildman–Crippen MR) is 71.1 cm³/mol. The standard InChI is InChI=1S/C13H19NO2.ClH/c1-15-11-4-3-5-12(16-2)13(11)10(14)8-9-6-7-9;/h3-5,9-10H,6-8,14H2,1-2H3;1H/t10-;/m1./s1. The molecule has 1 aromatic rings. The molecular weight excluding hydrogens is 238 g/mol. The SMILES string of the molecule is COc1cccc(OC)c1[C@H](N)CC1CC1.Cl. The summed E-state index contributed by atoms with van der Waals surface area (Å²) >= 11 is 0. The monoisotopic (exact) mass is 257 g/mol. The zero-order valence-corrected chi connectivity index (χ0v) is 11.1. The van der Waals surface area contributed by atoms with Crippen LogP contribution in [-0.4, -0.2) is 14.2 Å². The van der Waals surface area contributed by atoms with Crippen LogP contribution < -0.4 is 15.2 Å². The van der Waals surface area contributed by atoms with Crippen molar-refractivity contribution in [2.45, 2.75) is 25.3 Å². The van der Waals surface area contributed by atoms with E-state index in [2.05, 4.69) is 0 Å². The number of benzene rings is 1. The van der Waals surface area contributed by atoms with E-state index in [0.29, 0.717) is 0 Å². The number of ether oxygens (including phenoxy) is 2. The maximum Gasteiger partial charge on any atom is 0.127 e. The lowest BCUT2D eigenvalue weighted by atomic mass is 10.00. The van der Waals surface area contributed by atoms with Gasteiger partial charge in [-0.15, -0.1) is 12.4 Å². The molecule has 1 aliphatic rings. The van der Waals surface area contributed by atoms with Gasteiger partial charge in [-0.1, -0.05) is 18.9 Å². The topological polar surface area (TPSA) is 44.5 Å². The lowest BCUT2D eigenvalue weighted by Crippen LogP contribution is -2.13. The first-order valence-corrected chi connectivity index (χ1v) is 5.72. The number of halogens is 1. The van der Waals surface area contributed by atoms with E-state index in [1.807, 2.05) is 18.2 Å². The van der Waals surface area contributed by atoms with E-state index in [1.54, 1.807) is 14.2 Å². The zero-order chi connectivity index (χ0) is 11.5. The van der Waals surface area contributed by atoms with Crippen LogP contribution in [0.1, 0.15) is 30.9 Å². The number of rotatable bonds is 5. The Morgan fingerprint density at radius 3 is 2.18 bits per heavy atom. The highest BCUT2D eigenvalue weighted by molar-refractivity contribution is 5.85. The summed E-state index contributed by atoms with van der Waals surface area (Å²) in [4.78, 5) is 0. The van der Waals surface area contributed by atoms with Gasteiger partial charge in [-0.3, -0.25) is 0 Å². The normalized spacial score (nSPS) is 15.9. The summed E-state index contributed by atoms with van der Waals surface area (Å²) in [5.74, 6) is 2.45. The number of methoxy groups -OCH3 is 2. The molecular formula is C13H20ClNO2. The predicted octanol–water partition coefficient (Wildman–Crippen LogP) is 2.93. The van der Waals surface area contributed by atoms with Gasteiger partial charge in [0.2, 0.25) is 0 Å². The first-order chi connectivity index (χ1) is 7.76. The molecule has 0 bridgehead atoms. The van der Waals surface area contributed by atoms with Crippen LogP contribution in [-0.2, 0) is 0 Å². The van der Waals surface area contributed by atoms with Gasteiger partial charge in [0, 0.05) is 6.04 Å². The highest BCUT2D eigenvalue weighted by atomic mass is 35.5. The minimum absolute atomic E-state index is 0. The maximum atomic E-state index is 6.23. The highest BCUT2D eigenvalue weighted by Crippen LogP contribution is 2.41. The van der Waals surface area contributed by atoms with Gasteiger partial charge in [0.25, 0.3) is 0 Å². The van der Waals surface area contributed by atoms with Crippen LogP contribution in [0.3, 0.4) is 0 Å². The number of nitrogens with two attached hydrogens (primary N) is 1. The molecule has 1 aliphatic carbocycles. The van der Waals surface area contributed by atoms with Crippen LogP contribution >= 0.6 is 12.4 Å². The molecule has 0 heterocycles. The fourth-order valence-electron chi connectivity index (χ4n) is 2.08. The summed E-state index contributed by atoms with van der Waals surface area (Å²) in [6, 6.07) is 5.80. The van der Waals surface area contributed by atoms with E-state index in [9.17, 15) is 0 Å². The molecule has 0 amide bonds. The first kappa shape index (κ1) is 14.1. The largest absolute Gasteiger partial charge is 0.496 e. The maximum absolute atomic E-state index is 6.23. The Balaban J connectivity index is 0.00000144. The quantitative estimate of drug-likeness (QED) is 0.882. The third kappa shape index (κ3) is 3.27. The minimum atomic E-state index is 0. The smallest absolute Gasteiger partial charge is 0.127 e. The van der Waals surface area contributed by atoms with Crippen molar-refractivity contribution in [3.63, 3.8) is 0 Å². The van der Waals surface area contributed by atoms with Gasteiger partial charge < -0.3 is 15.2 Å². The summed E-state index contributed by atoms with van der Waals surface area (Å²) in [6.07, 6.45) is 3.65. The van der Waals surface area contributed by atoms with Crippen molar-refractivity contribution in [3.8, 4) is 11.5 Å². The molecule has 96 valence electrons. The second-order valence-electron chi connectivity index (χ2n) is 4.36. The molecule has 1 fully saturated rings. The van der Waals surface area contributed by atoms with Crippen molar-refractivity contribution in [1.29, 1.82) is 0 Å². The van der Waals surface area contributed by atoms with Crippen LogP contribution in [0, 0.1) is 5.92 Å². The van der Waals surface area contributed by atoms with Gasteiger partial charge in [-0.05, 0) is 24.5 Å². The van der Waals surface area contributed by atoms with Crippen molar-refractivity contribution < 1.29 is 9.47 Å². The Morgan fingerprint density at radius 2 is 1.76 bits per heavy atom.